The number of halogens is 2. The number of ether oxygens (including phenoxy) is 1. The third-order valence-corrected chi connectivity index (χ3v) is 8.85. The number of aliphatic carboxylic acids is 1. The molecule has 0 heterocycles. The average molecular weight is 552 g/mol. The number of benzene rings is 1. The molecular weight excluding hydrogens is 508 g/mol. The quantitative estimate of drug-likeness (QED) is 0.120. The monoisotopic (exact) mass is 551 g/mol. The molecule has 0 amide bonds. The Bertz CT molecular complexity index is 845. The van der Waals surface area contributed by atoms with Crippen molar-refractivity contribution in [3.05, 3.63) is 23.8 Å². The molecule has 1 aromatic carbocycles. The molecule has 1 rings (SSSR count). The largest absolute Gasteiger partial charge is 0.479 e. The molecule has 2 N–H and O–H groups in total. The second kappa shape index (κ2) is 18.8. The van der Waals surface area contributed by atoms with Gasteiger partial charge in [0, 0.05) is 17.2 Å². The van der Waals surface area contributed by atoms with Gasteiger partial charge in [-0.2, -0.15) is 0 Å². The van der Waals surface area contributed by atoms with Crippen LogP contribution >= 0.6 is 11.8 Å². The molecule has 0 saturated heterocycles. The van der Waals surface area contributed by atoms with E-state index in [1.54, 1.807) is 0 Å². The first-order chi connectivity index (χ1) is 17.2. The lowest BCUT2D eigenvalue weighted by atomic mass is 10.0. The van der Waals surface area contributed by atoms with E-state index in [-0.39, 0.29) is 11.4 Å². The van der Waals surface area contributed by atoms with E-state index in [1.807, 2.05) is 6.92 Å². The zero-order valence-electron chi connectivity index (χ0n) is 21.7. The van der Waals surface area contributed by atoms with E-state index in [2.05, 4.69) is 16.4 Å². The van der Waals surface area contributed by atoms with Gasteiger partial charge in [-0.15, -0.1) is 11.8 Å². The van der Waals surface area contributed by atoms with Crippen molar-refractivity contribution in [3.8, 4) is 5.75 Å². The van der Waals surface area contributed by atoms with Crippen LogP contribution in [0.15, 0.2) is 17.0 Å². The number of nitrogens with one attached hydrogen (secondary N) is 1. The molecule has 36 heavy (non-hydrogen) atoms. The van der Waals surface area contributed by atoms with E-state index in [4.69, 9.17) is 5.11 Å². The van der Waals surface area contributed by atoms with Gasteiger partial charge in [0.05, 0.1) is 5.25 Å². The first-order valence-corrected chi connectivity index (χ1v) is 15.7. The molecule has 1 aromatic rings. The number of hydrogen-bond donors (Lipinski definition) is 2. The molecule has 0 aliphatic carbocycles. The molecule has 10 heteroatoms. The Kier molecular flexibility index (Phi) is 17.0. The number of rotatable bonds is 22. The minimum atomic E-state index is -3.47. The van der Waals surface area contributed by atoms with Crippen LogP contribution in [0.1, 0.15) is 97.3 Å². The minimum absolute atomic E-state index is 0.145. The third-order valence-electron chi connectivity index (χ3n) is 5.91. The fraction of sp³-hybridized carbons (Fsp3) is 0.731. The topological polar surface area (TPSA) is 92.7 Å². The molecule has 0 aliphatic rings. The number of hydrogen-bond acceptors (Lipinski definition) is 5. The highest BCUT2D eigenvalue weighted by molar-refractivity contribution is 7.99. The SMILES string of the molecule is CCCCCCCCCCCCC(CCC)S(=O)(=O)NCCSc1cc(F)c(OCC(=O)O)c(F)c1. The van der Waals surface area contributed by atoms with Gasteiger partial charge in [0.15, 0.2) is 24.0 Å². The first-order valence-electron chi connectivity index (χ1n) is 13.2. The van der Waals surface area contributed by atoms with Crippen LogP contribution in [0.3, 0.4) is 0 Å². The van der Waals surface area contributed by atoms with E-state index in [9.17, 15) is 22.0 Å². The van der Waals surface area contributed by atoms with Crippen molar-refractivity contribution in [2.75, 3.05) is 18.9 Å². The molecule has 0 fully saturated rings. The van der Waals surface area contributed by atoms with E-state index in [0.29, 0.717) is 18.6 Å². The van der Waals surface area contributed by atoms with Crippen LogP contribution < -0.4 is 9.46 Å². The van der Waals surface area contributed by atoms with Crippen LogP contribution in [0.5, 0.6) is 5.75 Å². The summed E-state index contributed by atoms with van der Waals surface area (Å²) < 4.78 is 61.0. The molecule has 6 nitrogen and oxygen atoms in total. The van der Waals surface area contributed by atoms with Crippen molar-refractivity contribution in [1.82, 2.24) is 4.72 Å². The van der Waals surface area contributed by atoms with Gasteiger partial charge in [0.2, 0.25) is 10.0 Å². The fourth-order valence-electron chi connectivity index (χ4n) is 4.00. The van der Waals surface area contributed by atoms with E-state index in [1.165, 1.54) is 44.9 Å². The number of carboxylic acids is 1. The summed E-state index contributed by atoms with van der Waals surface area (Å²) in [5.74, 6) is -3.78. The number of carbonyl (C=O) groups is 1. The van der Waals surface area contributed by atoms with Gasteiger partial charge >= 0.3 is 5.97 Å². The van der Waals surface area contributed by atoms with Crippen molar-refractivity contribution in [2.45, 2.75) is 107 Å². The Morgan fingerprint density at radius 1 is 0.944 bits per heavy atom. The summed E-state index contributed by atoms with van der Waals surface area (Å²) >= 11 is 1.10. The second-order valence-electron chi connectivity index (χ2n) is 9.07. The summed E-state index contributed by atoms with van der Waals surface area (Å²) in [6, 6.07) is 2.09. The lowest BCUT2D eigenvalue weighted by Gasteiger charge is -2.18. The highest BCUT2D eigenvalue weighted by Crippen LogP contribution is 2.28. The van der Waals surface area contributed by atoms with Gasteiger partial charge in [0.25, 0.3) is 0 Å². The van der Waals surface area contributed by atoms with E-state index in [0.717, 1.165) is 49.6 Å². The zero-order chi connectivity index (χ0) is 26.8. The molecule has 0 radical (unpaired) electrons. The van der Waals surface area contributed by atoms with Crippen LogP contribution in [0.2, 0.25) is 0 Å². The minimum Gasteiger partial charge on any atom is -0.479 e. The summed E-state index contributed by atoms with van der Waals surface area (Å²) in [6.45, 7) is 3.49. The molecule has 0 aliphatic heterocycles. The Morgan fingerprint density at radius 2 is 1.50 bits per heavy atom. The maximum absolute atomic E-state index is 14.0. The number of carboxylic acid groups (broad SMARTS) is 1. The van der Waals surface area contributed by atoms with E-state index < -0.39 is 45.2 Å². The Labute approximate surface area is 220 Å². The molecule has 208 valence electrons. The van der Waals surface area contributed by atoms with Crippen LogP contribution in [-0.4, -0.2) is 43.6 Å². The molecule has 0 spiro atoms. The Hall–Kier alpha value is -1.39. The predicted octanol–water partition coefficient (Wildman–Crippen LogP) is 6.92. The van der Waals surface area contributed by atoms with Gasteiger partial charge in [0.1, 0.15) is 0 Å². The second-order valence-corrected chi connectivity index (χ2v) is 12.3. The maximum atomic E-state index is 14.0. The molecule has 0 bridgehead atoms. The van der Waals surface area contributed by atoms with Crippen molar-refractivity contribution < 1.29 is 31.8 Å². The smallest absolute Gasteiger partial charge is 0.341 e. The number of thioether (sulfide) groups is 1. The average Bonchev–Trinajstić information content (AvgIpc) is 2.81. The predicted molar refractivity (Wildman–Crippen MR) is 142 cm³/mol. The summed E-state index contributed by atoms with van der Waals surface area (Å²) in [5.41, 5.74) is 0. The van der Waals surface area contributed by atoms with Gasteiger partial charge in [-0.05, 0) is 25.0 Å². The highest BCUT2D eigenvalue weighted by atomic mass is 32.2. The van der Waals surface area contributed by atoms with Crippen molar-refractivity contribution in [1.29, 1.82) is 0 Å². The molecule has 0 aromatic heterocycles. The van der Waals surface area contributed by atoms with Crippen molar-refractivity contribution in [2.24, 2.45) is 0 Å². The van der Waals surface area contributed by atoms with Gasteiger partial charge in [-0.1, -0.05) is 84.5 Å². The first kappa shape index (κ1) is 32.6. The zero-order valence-corrected chi connectivity index (χ0v) is 23.3. The lowest BCUT2D eigenvalue weighted by molar-refractivity contribution is -0.139. The lowest BCUT2D eigenvalue weighted by Crippen LogP contribution is -2.35. The maximum Gasteiger partial charge on any atom is 0.341 e. The van der Waals surface area contributed by atoms with E-state index >= 15 is 0 Å². The van der Waals surface area contributed by atoms with Crippen molar-refractivity contribution in [3.63, 3.8) is 0 Å². The van der Waals surface area contributed by atoms with Crippen LogP contribution in [0, 0.1) is 11.6 Å². The van der Waals surface area contributed by atoms with Crippen LogP contribution in [0.25, 0.3) is 0 Å². The number of unbranched alkanes of at least 4 members (excludes halogenated alkanes) is 9. The summed E-state index contributed by atoms with van der Waals surface area (Å²) in [4.78, 5) is 10.8. The summed E-state index contributed by atoms with van der Waals surface area (Å²) in [5, 5.41) is 8.16. The van der Waals surface area contributed by atoms with Gasteiger partial charge < -0.3 is 9.84 Å². The molecule has 0 saturated carbocycles. The van der Waals surface area contributed by atoms with Gasteiger partial charge in [-0.3, -0.25) is 0 Å². The summed E-state index contributed by atoms with van der Waals surface area (Å²) in [6.07, 6.45) is 14.1. The fourth-order valence-corrected chi connectivity index (χ4v) is 6.59. The molecule has 1 unspecified atom stereocenters. The third kappa shape index (κ3) is 13.8. The van der Waals surface area contributed by atoms with Crippen molar-refractivity contribution >= 4 is 27.8 Å². The highest BCUT2D eigenvalue weighted by Gasteiger charge is 2.23. The standard InChI is InChI=1S/C26H43F2NO5S2/c1-3-5-6-7-8-9-10-11-12-13-15-22(14-4-2)36(32,33)29-16-17-35-21-18-23(27)26(24(28)19-21)34-20-25(30)31/h18-19,22,29H,3-17,20H2,1-2H3,(H,30,31). The Morgan fingerprint density at radius 3 is 2.03 bits per heavy atom. The Balaban J connectivity index is 2.38. The van der Waals surface area contributed by atoms with Crippen LogP contribution in [0.4, 0.5) is 8.78 Å². The van der Waals surface area contributed by atoms with Gasteiger partial charge in [-0.25, -0.2) is 26.7 Å². The van der Waals surface area contributed by atoms with Crippen LogP contribution in [-0.2, 0) is 14.8 Å². The molecule has 1 atom stereocenters. The molecular formula is C26H43F2NO5S2. The number of sulfonamides is 1. The normalized spacial score (nSPS) is 12.6. The summed E-state index contributed by atoms with van der Waals surface area (Å²) in [7, 11) is -3.47.